The van der Waals surface area contributed by atoms with Gasteiger partial charge in [0.25, 0.3) is 0 Å². The molecule has 0 aliphatic carbocycles. The maximum Gasteiger partial charge on any atom is 0.126 e. The molecule has 1 aromatic heterocycles. The molecule has 0 bridgehead atoms. The topological polar surface area (TPSA) is 50.4 Å². The number of nitrogens with one attached hydrogen (secondary N) is 1. The van der Waals surface area contributed by atoms with Gasteiger partial charge in [0.2, 0.25) is 0 Å². The molecular formula is C18H22ClN3O2. The van der Waals surface area contributed by atoms with Crippen LogP contribution in [-0.4, -0.2) is 53.9 Å². The third-order valence-corrected chi connectivity index (χ3v) is 5.11. The molecule has 128 valence electrons. The average Bonchev–Trinajstić information content (AvgIpc) is 3.12. The zero-order chi connectivity index (χ0) is 16.4. The van der Waals surface area contributed by atoms with Gasteiger partial charge in [-0.2, -0.15) is 0 Å². The predicted octanol–water partition coefficient (Wildman–Crippen LogP) is 3.28. The molecule has 2 aromatic rings. The van der Waals surface area contributed by atoms with E-state index in [1.807, 2.05) is 30.5 Å². The summed E-state index contributed by atoms with van der Waals surface area (Å²) in [6.45, 7) is 4.11. The normalized spacial score (nSPS) is 23.5. The smallest absolute Gasteiger partial charge is 0.126 e. The third kappa shape index (κ3) is 3.35. The van der Waals surface area contributed by atoms with Crippen molar-refractivity contribution in [1.82, 2.24) is 14.9 Å². The Hall–Kier alpha value is -1.40. The Morgan fingerprint density at radius 1 is 1.17 bits per heavy atom. The number of H-pyrrole nitrogens is 1. The Morgan fingerprint density at radius 2 is 2.04 bits per heavy atom. The molecule has 1 N–H and O–H groups in total. The minimum Gasteiger partial charge on any atom is -0.381 e. The Bertz CT molecular complexity index is 684. The zero-order valence-corrected chi connectivity index (χ0v) is 14.3. The monoisotopic (exact) mass is 347 g/mol. The van der Waals surface area contributed by atoms with E-state index in [-0.39, 0.29) is 6.04 Å². The quantitative estimate of drug-likeness (QED) is 0.925. The van der Waals surface area contributed by atoms with Crippen molar-refractivity contribution in [1.29, 1.82) is 0 Å². The number of aromatic nitrogens is 2. The van der Waals surface area contributed by atoms with Crippen LogP contribution in [0.25, 0.3) is 11.3 Å². The Labute approximate surface area is 146 Å². The molecule has 2 aliphatic heterocycles. The number of benzene rings is 1. The van der Waals surface area contributed by atoms with Gasteiger partial charge in [-0.05, 0) is 25.0 Å². The number of ether oxygens (including phenoxy) is 2. The summed E-state index contributed by atoms with van der Waals surface area (Å²) in [5.74, 6) is 0.969. The lowest BCUT2D eigenvalue weighted by molar-refractivity contribution is -0.0589. The fourth-order valence-corrected chi connectivity index (χ4v) is 3.81. The van der Waals surface area contributed by atoms with E-state index in [2.05, 4.69) is 14.9 Å². The molecule has 0 unspecified atom stereocenters. The van der Waals surface area contributed by atoms with Crippen molar-refractivity contribution in [2.75, 3.05) is 33.0 Å². The second kappa shape index (κ2) is 7.23. The van der Waals surface area contributed by atoms with Crippen LogP contribution in [0.5, 0.6) is 0 Å². The fraction of sp³-hybridized carbons (Fsp3) is 0.500. The summed E-state index contributed by atoms with van der Waals surface area (Å²) in [7, 11) is 0. The fourth-order valence-electron chi connectivity index (χ4n) is 3.62. The number of rotatable bonds is 3. The SMILES string of the molecule is Clc1cccc(-c2cnc([C@@H]3COCCN3C3CCOCC3)[nH]2)c1. The molecule has 3 heterocycles. The molecule has 0 radical (unpaired) electrons. The third-order valence-electron chi connectivity index (χ3n) is 4.88. The van der Waals surface area contributed by atoms with Crippen LogP contribution in [0.1, 0.15) is 24.7 Å². The summed E-state index contributed by atoms with van der Waals surface area (Å²) < 4.78 is 11.2. The first-order valence-electron chi connectivity index (χ1n) is 8.53. The number of hydrogen-bond donors (Lipinski definition) is 1. The van der Waals surface area contributed by atoms with Crippen LogP contribution in [0.15, 0.2) is 30.5 Å². The van der Waals surface area contributed by atoms with E-state index in [1.165, 1.54) is 0 Å². The highest BCUT2D eigenvalue weighted by molar-refractivity contribution is 6.30. The van der Waals surface area contributed by atoms with Gasteiger partial charge in [0, 0.05) is 36.4 Å². The zero-order valence-electron chi connectivity index (χ0n) is 13.6. The largest absolute Gasteiger partial charge is 0.381 e. The van der Waals surface area contributed by atoms with Crippen molar-refractivity contribution in [2.24, 2.45) is 0 Å². The van der Waals surface area contributed by atoms with Gasteiger partial charge < -0.3 is 14.5 Å². The first kappa shape index (κ1) is 16.1. The molecule has 6 heteroatoms. The molecule has 0 saturated carbocycles. The lowest BCUT2D eigenvalue weighted by Gasteiger charge is -2.41. The molecule has 4 rings (SSSR count). The first-order valence-corrected chi connectivity index (χ1v) is 8.91. The summed E-state index contributed by atoms with van der Waals surface area (Å²) in [5.41, 5.74) is 2.04. The average molecular weight is 348 g/mol. The Morgan fingerprint density at radius 3 is 2.88 bits per heavy atom. The number of morpholine rings is 1. The van der Waals surface area contributed by atoms with Gasteiger partial charge in [0.15, 0.2) is 0 Å². The molecular weight excluding hydrogens is 326 g/mol. The van der Waals surface area contributed by atoms with Crippen LogP contribution in [0.2, 0.25) is 5.02 Å². The lowest BCUT2D eigenvalue weighted by atomic mass is 10.0. The number of imidazole rings is 1. The van der Waals surface area contributed by atoms with Gasteiger partial charge in [0.1, 0.15) is 5.82 Å². The van der Waals surface area contributed by atoms with Crippen LogP contribution in [0.3, 0.4) is 0 Å². The van der Waals surface area contributed by atoms with Crippen LogP contribution in [0.4, 0.5) is 0 Å². The van der Waals surface area contributed by atoms with Crippen LogP contribution < -0.4 is 0 Å². The number of nitrogens with zero attached hydrogens (tertiary/aromatic N) is 2. The van der Waals surface area contributed by atoms with Crippen molar-refractivity contribution < 1.29 is 9.47 Å². The summed E-state index contributed by atoms with van der Waals surface area (Å²) >= 11 is 6.10. The molecule has 24 heavy (non-hydrogen) atoms. The van der Waals surface area contributed by atoms with Gasteiger partial charge in [-0.25, -0.2) is 4.98 Å². The molecule has 2 saturated heterocycles. The molecule has 2 aliphatic rings. The first-order chi connectivity index (χ1) is 11.8. The van der Waals surface area contributed by atoms with Crippen molar-refractivity contribution in [3.05, 3.63) is 41.3 Å². The molecule has 0 amide bonds. The van der Waals surface area contributed by atoms with Crippen molar-refractivity contribution in [2.45, 2.75) is 24.9 Å². The molecule has 0 spiro atoms. The lowest BCUT2D eigenvalue weighted by Crippen LogP contribution is -2.48. The maximum atomic E-state index is 6.10. The summed E-state index contributed by atoms with van der Waals surface area (Å²) in [5, 5.41) is 0.730. The van der Waals surface area contributed by atoms with E-state index in [9.17, 15) is 0 Å². The van der Waals surface area contributed by atoms with Crippen molar-refractivity contribution >= 4 is 11.6 Å². The van der Waals surface area contributed by atoms with E-state index < -0.39 is 0 Å². The van der Waals surface area contributed by atoms with E-state index >= 15 is 0 Å². The predicted molar refractivity (Wildman–Crippen MR) is 93.1 cm³/mol. The molecule has 1 atom stereocenters. The Kier molecular flexibility index (Phi) is 4.85. The standard InChI is InChI=1S/C18H22ClN3O2/c19-14-3-1-2-13(10-14)16-11-20-18(21-16)17-12-24-9-6-22(17)15-4-7-23-8-5-15/h1-3,10-11,15,17H,4-9,12H2,(H,20,21)/t17-/m0/s1. The molecule has 2 fully saturated rings. The Balaban J connectivity index is 1.57. The second-order valence-corrected chi connectivity index (χ2v) is 6.80. The summed E-state index contributed by atoms with van der Waals surface area (Å²) in [6, 6.07) is 8.55. The maximum absolute atomic E-state index is 6.10. The van der Waals surface area contributed by atoms with Crippen molar-refractivity contribution in [3.8, 4) is 11.3 Å². The summed E-state index contributed by atoms with van der Waals surface area (Å²) in [6.07, 6.45) is 4.05. The highest BCUT2D eigenvalue weighted by Crippen LogP contribution is 2.30. The number of aromatic amines is 1. The van der Waals surface area contributed by atoms with Gasteiger partial charge in [-0.15, -0.1) is 0 Å². The van der Waals surface area contributed by atoms with Gasteiger partial charge in [0.05, 0.1) is 31.1 Å². The van der Waals surface area contributed by atoms with Crippen molar-refractivity contribution in [3.63, 3.8) is 0 Å². The van der Waals surface area contributed by atoms with Gasteiger partial charge in [-0.3, -0.25) is 4.90 Å². The minimum atomic E-state index is 0.176. The second-order valence-electron chi connectivity index (χ2n) is 6.36. The van der Waals surface area contributed by atoms with E-state index in [1.54, 1.807) is 0 Å². The van der Waals surface area contributed by atoms with Gasteiger partial charge >= 0.3 is 0 Å². The number of halogens is 1. The highest BCUT2D eigenvalue weighted by Gasteiger charge is 2.33. The van der Waals surface area contributed by atoms with E-state index in [4.69, 9.17) is 21.1 Å². The highest BCUT2D eigenvalue weighted by atomic mass is 35.5. The minimum absolute atomic E-state index is 0.176. The number of hydrogen-bond acceptors (Lipinski definition) is 4. The van der Waals surface area contributed by atoms with E-state index in [0.717, 1.165) is 61.3 Å². The van der Waals surface area contributed by atoms with Crippen LogP contribution >= 0.6 is 11.6 Å². The van der Waals surface area contributed by atoms with Crippen LogP contribution in [-0.2, 0) is 9.47 Å². The van der Waals surface area contributed by atoms with Crippen LogP contribution in [0, 0.1) is 0 Å². The van der Waals surface area contributed by atoms with Gasteiger partial charge in [-0.1, -0.05) is 23.7 Å². The molecule has 5 nitrogen and oxygen atoms in total. The summed E-state index contributed by atoms with van der Waals surface area (Å²) in [4.78, 5) is 10.6. The molecule has 1 aromatic carbocycles. The van der Waals surface area contributed by atoms with E-state index in [0.29, 0.717) is 12.6 Å².